The van der Waals surface area contributed by atoms with E-state index in [0.717, 1.165) is 12.1 Å². The van der Waals surface area contributed by atoms with Gasteiger partial charge in [0.05, 0.1) is 11.6 Å². The zero-order valence-electron chi connectivity index (χ0n) is 7.67. The van der Waals surface area contributed by atoms with E-state index < -0.39 is 5.82 Å². The lowest BCUT2D eigenvalue weighted by atomic mass is 10.1. The second-order valence-electron chi connectivity index (χ2n) is 2.70. The Kier molecular flexibility index (Phi) is 3.19. The standard InChI is InChI=1S/C10H9FN2O/c1-2-13-10(14)8-3-7(6-12)4-9(11)5-8/h3-5H,2H2,1H3,(H,13,14). The fourth-order valence-electron chi connectivity index (χ4n) is 1.05. The number of nitriles is 1. The Balaban J connectivity index is 3.04. The number of halogens is 1. The summed E-state index contributed by atoms with van der Waals surface area (Å²) in [5, 5.41) is 11.1. The van der Waals surface area contributed by atoms with Crippen LogP contribution in [0, 0.1) is 17.1 Å². The van der Waals surface area contributed by atoms with Gasteiger partial charge in [0, 0.05) is 12.1 Å². The summed E-state index contributed by atoms with van der Waals surface area (Å²) in [5.41, 5.74) is 0.314. The summed E-state index contributed by atoms with van der Waals surface area (Å²) in [6, 6.07) is 5.33. The van der Waals surface area contributed by atoms with Gasteiger partial charge < -0.3 is 5.32 Å². The average molecular weight is 192 g/mol. The molecular weight excluding hydrogens is 183 g/mol. The van der Waals surface area contributed by atoms with E-state index in [0.29, 0.717) is 6.54 Å². The molecule has 72 valence electrons. The van der Waals surface area contributed by atoms with Gasteiger partial charge in [-0.2, -0.15) is 5.26 Å². The van der Waals surface area contributed by atoms with E-state index >= 15 is 0 Å². The molecule has 0 atom stereocenters. The number of hydrogen-bond donors (Lipinski definition) is 1. The molecule has 1 amide bonds. The Morgan fingerprint density at radius 1 is 1.57 bits per heavy atom. The molecule has 1 aromatic rings. The number of nitrogens with zero attached hydrogens (tertiary/aromatic N) is 1. The lowest BCUT2D eigenvalue weighted by Crippen LogP contribution is -2.22. The van der Waals surface area contributed by atoms with E-state index in [1.165, 1.54) is 6.07 Å². The molecule has 0 saturated carbocycles. The zero-order valence-corrected chi connectivity index (χ0v) is 7.67. The molecule has 0 spiro atoms. The number of amides is 1. The molecule has 14 heavy (non-hydrogen) atoms. The summed E-state index contributed by atoms with van der Waals surface area (Å²) in [4.78, 5) is 11.3. The zero-order chi connectivity index (χ0) is 10.6. The molecule has 1 aromatic carbocycles. The van der Waals surface area contributed by atoms with Gasteiger partial charge in [0.15, 0.2) is 0 Å². The molecular formula is C10H9FN2O. The molecule has 0 aromatic heterocycles. The van der Waals surface area contributed by atoms with Crippen molar-refractivity contribution in [2.45, 2.75) is 6.92 Å². The van der Waals surface area contributed by atoms with Crippen molar-refractivity contribution >= 4 is 5.91 Å². The van der Waals surface area contributed by atoms with E-state index in [2.05, 4.69) is 5.32 Å². The summed E-state index contributed by atoms with van der Waals surface area (Å²) in [7, 11) is 0. The minimum Gasteiger partial charge on any atom is -0.352 e. The van der Waals surface area contributed by atoms with Crippen molar-refractivity contribution < 1.29 is 9.18 Å². The van der Waals surface area contributed by atoms with Crippen LogP contribution in [-0.2, 0) is 0 Å². The van der Waals surface area contributed by atoms with Crippen LogP contribution >= 0.6 is 0 Å². The highest BCUT2D eigenvalue weighted by molar-refractivity contribution is 5.94. The highest BCUT2D eigenvalue weighted by atomic mass is 19.1. The van der Waals surface area contributed by atoms with Gasteiger partial charge in [0.1, 0.15) is 5.82 Å². The number of benzene rings is 1. The number of nitrogens with one attached hydrogen (secondary N) is 1. The molecule has 0 radical (unpaired) electrons. The van der Waals surface area contributed by atoms with Gasteiger partial charge in [-0.05, 0) is 25.1 Å². The summed E-state index contributed by atoms with van der Waals surface area (Å²) in [5.74, 6) is -0.950. The fourth-order valence-corrected chi connectivity index (χ4v) is 1.05. The fraction of sp³-hybridized carbons (Fsp3) is 0.200. The molecule has 0 aliphatic rings. The van der Waals surface area contributed by atoms with Crippen molar-refractivity contribution in [2.24, 2.45) is 0 Å². The third kappa shape index (κ3) is 2.30. The first kappa shape index (κ1) is 10.2. The number of carbonyl (C=O) groups is 1. The molecule has 0 saturated heterocycles. The predicted octanol–water partition coefficient (Wildman–Crippen LogP) is 1.45. The van der Waals surface area contributed by atoms with Crippen LogP contribution in [-0.4, -0.2) is 12.5 Å². The van der Waals surface area contributed by atoms with Crippen LogP contribution in [0.5, 0.6) is 0 Å². The molecule has 0 unspecified atom stereocenters. The molecule has 0 aliphatic carbocycles. The van der Waals surface area contributed by atoms with Gasteiger partial charge in [-0.3, -0.25) is 4.79 Å². The van der Waals surface area contributed by atoms with Crippen molar-refractivity contribution in [3.63, 3.8) is 0 Å². The van der Waals surface area contributed by atoms with Gasteiger partial charge in [-0.25, -0.2) is 4.39 Å². The van der Waals surface area contributed by atoms with E-state index in [-0.39, 0.29) is 17.0 Å². The predicted molar refractivity (Wildman–Crippen MR) is 49.1 cm³/mol. The Morgan fingerprint density at radius 3 is 2.86 bits per heavy atom. The van der Waals surface area contributed by atoms with Crippen molar-refractivity contribution in [2.75, 3.05) is 6.54 Å². The second-order valence-corrected chi connectivity index (χ2v) is 2.70. The average Bonchev–Trinajstić information content (AvgIpc) is 2.17. The van der Waals surface area contributed by atoms with E-state index in [1.54, 1.807) is 13.0 Å². The van der Waals surface area contributed by atoms with E-state index in [4.69, 9.17) is 5.26 Å². The first-order chi connectivity index (χ1) is 6.67. The van der Waals surface area contributed by atoms with Crippen LogP contribution in [0.2, 0.25) is 0 Å². The van der Waals surface area contributed by atoms with Crippen molar-refractivity contribution in [1.29, 1.82) is 5.26 Å². The molecule has 4 heteroatoms. The Hall–Kier alpha value is -1.89. The largest absolute Gasteiger partial charge is 0.352 e. The maximum absolute atomic E-state index is 12.9. The molecule has 0 fully saturated rings. The summed E-state index contributed by atoms with van der Waals surface area (Å²) >= 11 is 0. The molecule has 0 aliphatic heterocycles. The van der Waals surface area contributed by atoms with Gasteiger partial charge >= 0.3 is 0 Å². The SMILES string of the molecule is CCNC(=O)c1cc(F)cc(C#N)c1. The van der Waals surface area contributed by atoms with Crippen LogP contribution < -0.4 is 5.32 Å². The van der Waals surface area contributed by atoms with Crippen molar-refractivity contribution in [3.8, 4) is 6.07 Å². The highest BCUT2D eigenvalue weighted by Gasteiger charge is 2.07. The Morgan fingerprint density at radius 2 is 2.29 bits per heavy atom. The van der Waals surface area contributed by atoms with Crippen LogP contribution in [0.25, 0.3) is 0 Å². The highest BCUT2D eigenvalue weighted by Crippen LogP contribution is 2.08. The second kappa shape index (κ2) is 4.38. The van der Waals surface area contributed by atoms with Crippen molar-refractivity contribution in [1.82, 2.24) is 5.32 Å². The van der Waals surface area contributed by atoms with Gasteiger partial charge in [-0.15, -0.1) is 0 Å². The first-order valence-electron chi connectivity index (χ1n) is 4.16. The van der Waals surface area contributed by atoms with E-state index in [1.807, 2.05) is 0 Å². The summed E-state index contributed by atoms with van der Waals surface area (Å²) in [6.45, 7) is 2.24. The van der Waals surface area contributed by atoms with E-state index in [9.17, 15) is 9.18 Å². The molecule has 0 heterocycles. The Labute approximate surface area is 81.2 Å². The smallest absolute Gasteiger partial charge is 0.251 e. The normalized spacial score (nSPS) is 9.21. The third-order valence-electron chi connectivity index (χ3n) is 1.63. The summed E-state index contributed by atoms with van der Waals surface area (Å²) < 4.78 is 12.9. The van der Waals surface area contributed by atoms with Crippen LogP contribution in [0.1, 0.15) is 22.8 Å². The number of rotatable bonds is 2. The molecule has 1 N–H and O–H groups in total. The first-order valence-corrected chi connectivity index (χ1v) is 4.16. The maximum Gasteiger partial charge on any atom is 0.251 e. The summed E-state index contributed by atoms with van der Waals surface area (Å²) in [6.07, 6.45) is 0. The number of hydrogen-bond acceptors (Lipinski definition) is 2. The Bertz CT molecular complexity index is 396. The van der Waals surface area contributed by atoms with Gasteiger partial charge in [0.25, 0.3) is 5.91 Å². The minimum atomic E-state index is -0.578. The van der Waals surface area contributed by atoms with Crippen LogP contribution in [0.3, 0.4) is 0 Å². The topological polar surface area (TPSA) is 52.9 Å². The van der Waals surface area contributed by atoms with Gasteiger partial charge in [-0.1, -0.05) is 0 Å². The molecule has 0 bridgehead atoms. The van der Waals surface area contributed by atoms with Gasteiger partial charge in [0.2, 0.25) is 0 Å². The molecule has 1 rings (SSSR count). The third-order valence-corrected chi connectivity index (χ3v) is 1.63. The van der Waals surface area contributed by atoms with Crippen LogP contribution in [0.15, 0.2) is 18.2 Å². The van der Waals surface area contributed by atoms with Crippen LogP contribution in [0.4, 0.5) is 4.39 Å². The minimum absolute atomic E-state index is 0.145. The maximum atomic E-state index is 12.9. The monoisotopic (exact) mass is 192 g/mol. The lowest BCUT2D eigenvalue weighted by molar-refractivity contribution is 0.0955. The number of carbonyl (C=O) groups excluding carboxylic acids is 1. The lowest BCUT2D eigenvalue weighted by Gasteiger charge is -2.02. The van der Waals surface area contributed by atoms with Crippen molar-refractivity contribution in [3.05, 3.63) is 35.1 Å². The quantitative estimate of drug-likeness (QED) is 0.770. The molecule has 3 nitrogen and oxygen atoms in total.